The molecule has 0 aliphatic carbocycles. The summed E-state index contributed by atoms with van der Waals surface area (Å²) in [5.74, 6) is -0.000830. The molecule has 6 heteroatoms. The Bertz CT molecular complexity index is 417. The van der Waals surface area contributed by atoms with E-state index < -0.39 is 4.92 Å². The van der Waals surface area contributed by atoms with Crippen molar-refractivity contribution in [2.75, 3.05) is 27.2 Å². The second kappa shape index (κ2) is 6.70. The molecule has 0 radical (unpaired) electrons. The van der Waals surface area contributed by atoms with Crippen molar-refractivity contribution in [2.45, 2.75) is 6.42 Å². The number of nitro groups is 1. The number of carbonyl (C=O) groups excluding carboxylic acids is 1. The Morgan fingerprint density at radius 1 is 1.39 bits per heavy atom. The van der Waals surface area contributed by atoms with Crippen molar-refractivity contribution in [3.63, 3.8) is 0 Å². The van der Waals surface area contributed by atoms with Crippen molar-refractivity contribution in [3.8, 4) is 0 Å². The highest BCUT2D eigenvalue weighted by Crippen LogP contribution is 2.12. The molecule has 0 unspecified atom stereocenters. The molecule has 0 aliphatic heterocycles. The third-order valence-corrected chi connectivity index (χ3v) is 2.63. The van der Waals surface area contributed by atoms with Crippen LogP contribution in [0.5, 0.6) is 0 Å². The Balaban J connectivity index is 2.56. The first-order valence-corrected chi connectivity index (χ1v) is 5.66. The number of nitrogens with one attached hydrogen (secondary N) is 1. The molecular weight excluding hydrogens is 234 g/mol. The minimum atomic E-state index is -0.454. The number of rotatable bonds is 6. The topological polar surface area (TPSA) is 75.5 Å². The Labute approximate surface area is 106 Å². The molecular formula is C12H17N3O3. The molecule has 0 bridgehead atoms. The van der Waals surface area contributed by atoms with Crippen molar-refractivity contribution in [2.24, 2.45) is 0 Å². The van der Waals surface area contributed by atoms with E-state index in [1.165, 1.54) is 12.1 Å². The van der Waals surface area contributed by atoms with Gasteiger partial charge in [-0.2, -0.15) is 0 Å². The van der Waals surface area contributed by atoms with Crippen molar-refractivity contribution >= 4 is 11.6 Å². The molecule has 0 aliphatic rings. The van der Waals surface area contributed by atoms with E-state index in [1.54, 1.807) is 24.1 Å². The molecule has 98 valence electrons. The van der Waals surface area contributed by atoms with Crippen LogP contribution in [0.15, 0.2) is 24.3 Å². The molecule has 0 saturated carbocycles. The number of benzene rings is 1. The van der Waals surface area contributed by atoms with Crippen LogP contribution in [0, 0.1) is 10.1 Å². The van der Waals surface area contributed by atoms with Gasteiger partial charge in [0.15, 0.2) is 0 Å². The zero-order valence-corrected chi connectivity index (χ0v) is 10.5. The number of amides is 1. The fourth-order valence-electron chi connectivity index (χ4n) is 1.45. The van der Waals surface area contributed by atoms with Gasteiger partial charge in [0.05, 0.1) is 11.3 Å². The number of hydrogen-bond donors (Lipinski definition) is 1. The van der Waals surface area contributed by atoms with Gasteiger partial charge in [0, 0.05) is 32.3 Å². The SMILES string of the molecule is CNCCN(C)C(=O)Cc1ccc([N+](=O)[O-])cc1. The summed E-state index contributed by atoms with van der Waals surface area (Å²) in [6, 6.07) is 6.05. The Morgan fingerprint density at radius 3 is 2.50 bits per heavy atom. The fraction of sp³-hybridized carbons (Fsp3) is 0.417. The Morgan fingerprint density at radius 2 is 2.00 bits per heavy atom. The predicted molar refractivity (Wildman–Crippen MR) is 68.4 cm³/mol. The minimum absolute atomic E-state index is 0.000830. The van der Waals surface area contributed by atoms with Gasteiger partial charge in [0.25, 0.3) is 5.69 Å². The van der Waals surface area contributed by atoms with E-state index >= 15 is 0 Å². The fourth-order valence-corrected chi connectivity index (χ4v) is 1.45. The van der Waals surface area contributed by atoms with Gasteiger partial charge in [-0.3, -0.25) is 14.9 Å². The summed E-state index contributed by atoms with van der Waals surface area (Å²) in [6.45, 7) is 1.38. The van der Waals surface area contributed by atoms with Crippen LogP contribution >= 0.6 is 0 Å². The zero-order chi connectivity index (χ0) is 13.5. The molecule has 1 N–H and O–H groups in total. The third-order valence-electron chi connectivity index (χ3n) is 2.63. The molecule has 18 heavy (non-hydrogen) atoms. The molecule has 0 aromatic heterocycles. The lowest BCUT2D eigenvalue weighted by molar-refractivity contribution is -0.384. The number of nitrogens with zero attached hydrogens (tertiary/aromatic N) is 2. The highest BCUT2D eigenvalue weighted by Gasteiger charge is 2.10. The normalized spacial score (nSPS) is 10.1. The summed E-state index contributed by atoms with van der Waals surface area (Å²) in [7, 11) is 3.57. The highest BCUT2D eigenvalue weighted by atomic mass is 16.6. The monoisotopic (exact) mass is 251 g/mol. The van der Waals surface area contributed by atoms with Gasteiger partial charge in [-0.15, -0.1) is 0 Å². The van der Waals surface area contributed by atoms with E-state index in [4.69, 9.17) is 0 Å². The number of carbonyl (C=O) groups is 1. The Hall–Kier alpha value is -1.95. The molecule has 1 aromatic carbocycles. The first-order valence-electron chi connectivity index (χ1n) is 5.66. The molecule has 6 nitrogen and oxygen atoms in total. The zero-order valence-electron chi connectivity index (χ0n) is 10.5. The average Bonchev–Trinajstić information content (AvgIpc) is 2.36. The maximum Gasteiger partial charge on any atom is 0.269 e. The van der Waals surface area contributed by atoms with Crippen LogP contribution in [0.2, 0.25) is 0 Å². The molecule has 0 spiro atoms. The van der Waals surface area contributed by atoms with Gasteiger partial charge in [-0.05, 0) is 12.6 Å². The summed E-state index contributed by atoms with van der Waals surface area (Å²) >= 11 is 0. The van der Waals surface area contributed by atoms with Crippen LogP contribution in [-0.4, -0.2) is 42.9 Å². The van der Waals surface area contributed by atoms with Crippen LogP contribution in [0.4, 0.5) is 5.69 Å². The van der Waals surface area contributed by atoms with Crippen molar-refractivity contribution in [1.82, 2.24) is 10.2 Å². The summed E-state index contributed by atoms with van der Waals surface area (Å²) in [6.07, 6.45) is 0.262. The van der Waals surface area contributed by atoms with E-state index in [9.17, 15) is 14.9 Å². The minimum Gasteiger partial charge on any atom is -0.344 e. The van der Waals surface area contributed by atoms with Crippen molar-refractivity contribution in [1.29, 1.82) is 0 Å². The average molecular weight is 251 g/mol. The smallest absolute Gasteiger partial charge is 0.269 e. The predicted octanol–water partition coefficient (Wildman–Crippen LogP) is 0.815. The maximum atomic E-state index is 11.8. The summed E-state index contributed by atoms with van der Waals surface area (Å²) in [5, 5.41) is 13.5. The van der Waals surface area contributed by atoms with Crippen LogP contribution in [-0.2, 0) is 11.2 Å². The van der Waals surface area contributed by atoms with E-state index in [0.29, 0.717) is 6.54 Å². The van der Waals surface area contributed by atoms with E-state index in [2.05, 4.69) is 5.32 Å². The molecule has 1 amide bonds. The van der Waals surface area contributed by atoms with E-state index in [0.717, 1.165) is 12.1 Å². The first kappa shape index (κ1) is 14.1. The van der Waals surface area contributed by atoms with Crippen LogP contribution < -0.4 is 5.32 Å². The Kier molecular flexibility index (Phi) is 5.26. The van der Waals surface area contributed by atoms with Crippen LogP contribution in [0.25, 0.3) is 0 Å². The highest BCUT2D eigenvalue weighted by molar-refractivity contribution is 5.78. The standard InChI is InChI=1S/C12H17N3O3/c1-13-7-8-14(2)12(16)9-10-3-5-11(6-4-10)15(17)18/h3-6,13H,7-9H2,1-2H3. The van der Waals surface area contributed by atoms with Gasteiger partial charge in [0.2, 0.25) is 5.91 Å². The summed E-state index contributed by atoms with van der Waals surface area (Å²) in [5.41, 5.74) is 0.816. The molecule has 0 saturated heterocycles. The van der Waals surface area contributed by atoms with Crippen LogP contribution in [0.3, 0.4) is 0 Å². The lowest BCUT2D eigenvalue weighted by atomic mass is 10.1. The van der Waals surface area contributed by atoms with Crippen molar-refractivity contribution in [3.05, 3.63) is 39.9 Å². The maximum absolute atomic E-state index is 11.8. The lowest BCUT2D eigenvalue weighted by Gasteiger charge is -2.16. The second-order valence-corrected chi connectivity index (χ2v) is 4.02. The van der Waals surface area contributed by atoms with Gasteiger partial charge >= 0.3 is 0 Å². The van der Waals surface area contributed by atoms with Gasteiger partial charge in [-0.1, -0.05) is 12.1 Å². The number of hydrogen-bond acceptors (Lipinski definition) is 4. The molecule has 0 fully saturated rings. The van der Waals surface area contributed by atoms with Gasteiger partial charge in [0.1, 0.15) is 0 Å². The van der Waals surface area contributed by atoms with E-state index in [1.807, 2.05) is 7.05 Å². The number of nitro benzene ring substituents is 1. The third kappa shape index (κ3) is 4.14. The molecule has 1 rings (SSSR count). The molecule has 0 atom stereocenters. The van der Waals surface area contributed by atoms with Crippen LogP contribution in [0.1, 0.15) is 5.56 Å². The largest absolute Gasteiger partial charge is 0.344 e. The quantitative estimate of drug-likeness (QED) is 0.600. The summed E-state index contributed by atoms with van der Waals surface area (Å²) < 4.78 is 0. The lowest BCUT2D eigenvalue weighted by Crippen LogP contribution is -2.33. The molecule has 1 aromatic rings. The number of non-ortho nitro benzene ring substituents is 1. The van der Waals surface area contributed by atoms with Gasteiger partial charge in [-0.25, -0.2) is 0 Å². The second-order valence-electron chi connectivity index (χ2n) is 4.02. The van der Waals surface area contributed by atoms with E-state index in [-0.39, 0.29) is 18.0 Å². The first-order chi connectivity index (χ1) is 8.54. The molecule has 0 heterocycles. The van der Waals surface area contributed by atoms with Crippen molar-refractivity contribution < 1.29 is 9.72 Å². The number of likely N-dealkylation sites (N-methyl/N-ethyl adjacent to an activating group) is 2. The summed E-state index contributed by atoms with van der Waals surface area (Å²) in [4.78, 5) is 23.5. The van der Waals surface area contributed by atoms with Gasteiger partial charge < -0.3 is 10.2 Å².